The van der Waals surface area contributed by atoms with Gasteiger partial charge < -0.3 is 19.1 Å². The van der Waals surface area contributed by atoms with Gasteiger partial charge >= 0.3 is 17.3 Å². The molecule has 2 N–H and O–H groups in total. The van der Waals surface area contributed by atoms with Crippen LogP contribution in [0.1, 0.15) is 121 Å². The SMILES string of the molecule is C[C@H](CC(O)C(F)(F)C(C)(C)O)[C@H]1CC[C@@H]2[C@]1(C)CC[C@H]1[C@]23C=C[C@]2(C[C@@H](O[Si](C)(C)C(C)(C)C)C[C@H](O[Si](C)(C)C(C)(C)C)[C@]12C)n1c(=O)n(-c2ccccc2)c(=O)n13. The number of halogens is 2. The normalized spacial score (nSPS) is 35.4. The molecule has 60 heavy (non-hydrogen) atoms. The van der Waals surface area contributed by atoms with Crippen LogP contribution in [0.5, 0.6) is 0 Å². The largest absolute Gasteiger partial charge is 0.414 e. The number of alkyl halides is 2. The molecule has 8 rings (SSSR count). The monoisotopic (exact) mass is 872 g/mol. The van der Waals surface area contributed by atoms with Crippen LogP contribution >= 0.6 is 0 Å². The molecule has 336 valence electrons. The summed E-state index contributed by atoms with van der Waals surface area (Å²) in [5.74, 6) is -4.23. The molecule has 2 spiro atoms. The number of aromatic nitrogens is 3. The Labute approximate surface area is 359 Å². The van der Waals surface area contributed by atoms with Gasteiger partial charge in [0.2, 0.25) is 0 Å². The molecule has 0 saturated heterocycles. The van der Waals surface area contributed by atoms with Crippen molar-refractivity contribution in [1.82, 2.24) is 13.9 Å². The quantitative estimate of drug-likeness (QED) is 0.182. The van der Waals surface area contributed by atoms with Crippen LogP contribution in [0.2, 0.25) is 36.3 Å². The van der Waals surface area contributed by atoms with Gasteiger partial charge in [-0.25, -0.2) is 32.3 Å². The molecule has 9 nitrogen and oxygen atoms in total. The Hall–Kier alpha value is -2.17. The molecule has 11 atom stereocenters. The van der Waals surface area contributed by atoms with Crippen LogP contribution in [-0.2, 0) is 19.9 Å². The van der Waals surface area contributed by atoms with Crippen molar-refractivity contribution in [2.24, 2.45) is 34.5 Å². The number of nitrogens with zero attached hydrogens (tertiary/aromatic N) is 3. The molecule has 1 aromatic carbocycles. The average Bonchev–Trinajstić information content (AvgIpc) is 3.61. The number of benzene rings is 1. The minimum atomic E-state index is -3.69. The maximum Gasteiger partial charge on any atom is 0.352 e. The molecule has 0 radical (unpaired) electrons. The topological polar surface area (TPSA) is 108 Å². The van der Waals surface area contributed by atoms with Gasteiger partial charge in [0.25, 0.3) is 0 Å². The summed E-state index contributed by atoms with van der Waals surface area (Å²) in [6.45, 7) is 31.4. The maximum atomic E-state index is 15.5. The number of allylic oxidation sites excluding steroid dienone is 2. The second-order valence-electron chi connectivity index (χ2n) is 23.8. The van der Waals surface area contributed by atoms with E-state index >= 15 is 18.4 Å². The van der Waals surface area contributed by atoms with E-state index in [1.54, 1.807) is 0 Å². The number of fused-ring (bicyclic) bond motifs is 1. The number of aliphatic hydroxyl groups is 2. The van der Waals surface area contributed by atoms with Crippen molar-refractivity contribution >= 4 is 16.6 Å². The molecular formula is C47H75F2N3O6Si2. The molecular weight excluding hydrogens is 797 g/mol. The Kier molecular flexibility index (Phi) is 10.6. The third-order valence-corrected chi connectivity index (χ3v) is 27.2. The maximum absolute atomic E-state index is 15.5. The highest BCUT2D eigenvalue weighted by Crippen LogP contribution is 2.75. The summed E-state index contributed by atoms with van der Waals surface area (Å²) < 4.78 is 50.8. The molecule has 3 heterocycles. The molecule has 4 aliphatic carbocycles. The summed E-state index contributed by atoms with van der Waals surface area (Å²) >= 11 is 0. The molecule has 1 unspecified atom stereocenters. The fourth-order valence-corrected chi connectivity index (χ4v) is 15.6. The fourth-order valence-electron chi connectivity index (χ4n) is 12.9. The standard InChI is InChI=1S/C47H75F2N3O6Si2/c1-30(27-36(53)47(48,49)42(8,9)56)33-21-22-34-43(33,10)24-23-35-44(11)37(58-60(14,15)41(5,6)7)28-32(57-59(12,13)40(2,3)4)29-45(44)25-26-46(34,35)52-39(55)50(38(54)51(45)52)31-19-17-16-18-20-31/h16-20,25-26,30,32-37,53,56H,21-24,27-29H2,1-15H3/t30-,32+,33-,34-,35-,36?,37+,43-,44+,45-,46+/m1/s1. The number of hydrogen-bond donors (Lipinski definition) is 2. The van der Waals surface area contributed by atoms with E-state index in [-0.39, 0.29) is 63.8 Å². The van der Waals surface area contributed by atoms with E-state index in [0.717, 1.165) is 39.5 Å². The minimum absolute atomic E-state index is 0.0417. The summed E-state index contributed by atoms with van der Waals surface area (Å²) in [5.41, 5.74) is -5.49. The zero-order chi connectivity index (χ0) is 44.8. The molecule has 3 saturated carbocycles. The summed E-state index contributed by atoms with van der Waals surface area (Å²) in [4.78, 5) is 31.0. The summed E-state index contributed by atoms with van der Waals surface area (Å²) in [7, 11) is -4.76. The second kappa shape index (κ2) is 13.9. The van der Waals surface area contributed by atoms with E-state index in [1.165, 1.54) is 4.57 Å². The number of hydrogen-bond acceptors (Lipinski definition) is 6. The lowest BCUT2D eigenvalue weighted by molar-refractivity contribution is -0.236. The Balaban J connectivity index is 1.45. The van der Waals surface area contributed by atoms with Crippen molar-refractivity contribution in [2.45, 2.75) is 198 Å². The van der Waals surface area contributed by atoms with Crippen LogP contribution in [-0.4, -0.2) is 70.6 Å². The first-order chi connectivity index (χ1) is 27.3. The zero-order valence-electron chi connectivity index (χ0n) is 39.2. The first-order valence-corrected chi connectivity index (χ1v) is 28.5. The lowest BCUT2D eigenvalue weighted by Gasteiger charge is -2.73. The Morgan fingerprint density at radius 2 is 1.40 bits per heavy atom. The van der Waals surface area contributed by atoms with E-state index in [9.17, 15) is 10.2 Å². The van der Waals surface area contributed by atoms with Crippen molar-refractivity contribution in [3.8, 4) is 5.69 Å². The first kappa shape index (κ1) is 45.8. The molecule has 3 fully saturated rings. The van der Waals surface area contributed by atoms with Gasteiger partial charge in [0, 0.05) is 11.8 Å². The van der Waals surface area contributed by atoms with Crippen LogP contribution in [0.4, 0.5) is 8.78 Å². The van der Waals surface area contributed by atoms with Gasteiger partial charge in [-0.15, -0.1) is 0 Å². The lowest BCUT2D eigenvalue weighted by atomic mass is 9.40. The van der Waals surface area contributed by atoms with Crippen LogP contribution in [0, 0.1) is 34.5 Å². The second-order valence-corrected chi connectivity index (χ2v) is 33.4. The fraction of sp³-hybridized carbons (Fsp3) is 0.787. The van der Waals surface area contributed by atoms with E-state index in [4.69, 9.17) is 8.85 Å². The van der Waals surface area contributed by atoms with E-state index < -0.39 is 56.2 Å². The third kappa shape index (κ3) is 6.18. The molecule has 2 bridgehead atoms. The first-order valence-electron chi connectivity index (χ1n) is 22.6. The molecule has 6 aliphatic rings. The van der Waals surface area contributed by atoms with Gasteiger partial charge in [-0.2, -0.15) is 0 Å². The van der Waals surface area contributed by atoms with Crippen LogP contribution in [0.25, 0.3) is 5.69 Å². The van der Waals surface area contributed by atoms with Gasteiger partial charge in [-0.3, -0.25) is 0 Å². The summed E-state index contributed by atoms with van der Waals surface area (Å²) in [6.07, 6.45) is 6.13. The third-order valence-electron chi connectivity index (χ3n) is 18.2. The van der Waals surface area contributed by atoms with Gasteiger partial charge in [0.15, 0.2) is 16.6 Å². The van der Waals surface area contributed by atoms with Crippen LogP contribution in [0.3, 0.4) is 0 Å². The molecule has 2 aliphatic heterocycles. The van der Waals surface area contributed by atoms with Gasteiger partial charge in [-0.1, -0.05) is 92.7 Å². The molecule has 2 aromatic rings. The van der Waals surface area contributed by atoms with Crippen LogP contribution in [0.15, 0.2) is 52.1 Å². The van der Waals surface area contributed by atoms with Crippen molar-refractivity contribution in [3.05, 3.63) is 63.5 Å². The zero-order valence-corrected chi connectivity index (χ0v) is 41.2. The van der Waals surface area contributed by atoms with Gasteiger partial charge in [0.05, 0.1) is 29.0 Å². The summed E-state index contributed by atoms with van der Waals surface area (Å²) in [5, 5.41) is 21.2. The number of para-hydroxylation sites is 1. The number of rotatable bonds is 10. The van der Waals surface area contributed by atoms with Gasteiger partial charge in [0.1, 0.15) is 11.7 Å². The Morgan fingerprint density at radius 1 is 0.833 bits per heavy atom. The number of aliphatic hydroxyl groups excluding tert-OH is 1. The lowest BCUT2D eigenvalue weighted by Crippen LogP contribution is -2.80. The average molecular weight is 872 g/mol. The Morgan fingerprint density at radius 3 is 1.97 bits per heavy atom. The van der Waals surface area contributed by atoms with E-state index in [0.29, 0.717) is 18.5 Å². The highest BCUT2D eigenvalue weighted by atomic mass is 28.4. The highest BCUT2D eigenvalue weighted by Gasteiger charge is 2.78. The Bertz CT molecular complexity index is 2130. The van der Waals surface area contributed by atoms with E-state index in [2.05, 4.69) is 93.7 Å². The molecule has 0 amide bonds. The van der Waals surface area contributed by atoms with Crippen molar-refractivity contribution in [3.63, 3.8) is 0 Å². The van der Waals surface area contributed by atoms with E-state index in [1.807, 2.05) is 46.6 Å². The highest BCUT2D eigenvalue weighted by molar-refractivity contribution is 6.74. The van der Waals surface area contributed by atoms with Crippen LogP contribution < -0.4 is 11.4 Å². The summed E-state index contributed by atoms with van der Waals surface area (Å²) in [6, 6.07) is 9.21. The van der Waals surface area contributed by atoms with Crippen molar-refractivity contribution < 1.29 is 27.8 Å². The van der Waals surface area contributed by atoms with Crippen molar-refractivity contribution in [1.29, 1.82) is 0 Å². The van der Waals surface area contributed by atoms with Gasteiger partial charge in [-0.05, 0) is 130 Å². The predicted octanol–water partition coefficient (Wildman–Crippen LogP) is 9.59. The molecule has 13 heteroatoms. The minimum Gasteiger partial charge on any atom is -0.414 e. The van der Waals surface area contributed by atoms with Crippen molar-refractivity contribution in [2.75, 3.05) is 0 Å². The predicted molar refractivity (Wildman–Crippen MR) is 239 cm³/mol. The smallest absolute Gasteiger partial charge is 0.352 e. The molecule has 1 aromatic heterocycles.